The third-order valence-corrected chi connectivity index (χ3v) is 5.46. The minimum atomic E-state index is -0.361. The molecule has 24 heavy (non-hydrogen) atoms. The van der Waals surface area contributed by atoms with Crippen molar-refractivity contribution >= 4 is 22.9 Å². The molecular weight excluding hydrogens is 324 g/mol. The van der Waals surface area contributed by atoms with E-state index in [9.17, 15) is 4.79 Å². The highest BCUT2D eigenvalue weighted by Gasteiger charge is 2.41. The molecule has 3 atom stereocenters. The number of hydrogen-bond acceptors (Lipinski definition) is 6. The summed E-state index contributed by atoms with van der Waals surface area (Å²) in [5.74, 6) is 0.408. The maximum absolute atomic E-state index is 12.4. The number of fused-ring (bicyclic) bond motifs is 1. The van der Waals surface area contributed by atoms with Gasteiger partial charge in [0.25, 0.3) is 5.91 Å². The Morgan fingerprint density at radius 3 is 3.21 bits per heavy atom. The molecule has 0 radical (unpaired) electrons. The van der Waals surface area contributed by atoms with Crippen LogP contribution < -0.4 is 5.32 Å². The molecule has 2 aliphatic heterocycles. The van der Waals surface area contributed by atoms with E-state index in [0.717, 1.165) is 37.5 Å². The Labute approximate surface area is 144 Å². The van der Waals surface area contributed by atoms with Crippen LogP contribution in [0.15, 0.2) is 36.1 Å². The number of anilines is 1. The predicted octanol–water partition coefficient (Wildman–Crippen LogP) is 2.16. The van der Waals surface area contributed by atoms with Gasteiger partial charge in [-0.3, -0.25) is 14.7 Å². The number of hydrogen-bond donors (Lipinski definition) is 1. The van der Waals surface area contributed by atoms with E-state index in [0.29, 0.717) is 11.6 Å². The van der Waals surface area contributed by atoms with Crippen molar-refractivity contribution in [3.63, 3.8) is 0 Å². The van der Waals surface area contributed by atoms with E-state index in [4.69, 9.17) is 4.74 Å². The third kappa shape index (κ3) is 3.48. The molecule has 2 fully saturated rings. The summed E-state index contributed by atoms with van der Waals surface area (Å²) in [7, 11) is 0. The Kier molecular flexibility index (Phi) is 4.55. The fraction of sp³-hybridized carbons (Fsp3) is 0.471. The van der Waals surface area contributed by atoms with Crippen LogP contribution in [-0.4, -0.2) is 46.1 Å². The van der Waals surface area contributed by atoms with Gasteiger partial charge in [0.2, 0.25) is 0 Å². The van der Waals surface area contributed by atoms with Gasteiger partial charge >= 0.3 is 0 Å². The molecule has 0 aliphatic carbocycles. The molecule has 0 spiro atoms. The first kappa shape index (κ1) is 15.7. The number of thiazole rings is 1. The quantitative estimate of drug-likeness (QED) is 0.920. The van der Waals surface area contributed by atoms with Crippen LogP contribution >= 0.6 is 11.3 Å². The SMILES string of the molecule is O=C(Nc1cccnc1)[C@@H]1C[C@@H]2CCN(Cc3nccs3)C[C@@H]2O1. The zero-order chi connectivity index (χ0) is 16.4. The lowest BCUT2D eigenvalue weighted by molar-refractivity contribution is -0.127. The molecule has 0 bridgehead atoms. The Hall–Kier alpha value is -1.83. The highest BCUT2D eigenvalue weighted by Crippen LogP contribution is 2.34. The van der Waals surface area contributed by atoms with Crippen molar-refractivity contribution in [2.24, 2.45) is 5.92 Å². The lowest BCUT2D eigenvalue weighted by atomic mass is 9.91. The first-order valence-electron chi connectivity index (χ1n) is 8.25. The van der Waals surface area contributed by atoms with Crippen LogP contribution in [0.3, 0.4) is 0 Å². The highest BCUT2D eigenvalue weighted by atomic mass is 32.1. The molecule has 0 aromatic carbocycles. The Balaban J connectivity index is 1.33. The van der Waals surface area contributed by atoms with Gasteiger partial charge in [-0.25, -0.2) is 4.98 Å². The molecule has 6 nitrogen and oxygen atoms in total. The predicted molar refractivity (Wildman–Crippen MR) is 91.6 cm³/mol. The van der Waals surface area contributed by atoms with Gasteiger partial charge in [0, 0.05) is 24.3 Å². The van der Waals surface area contributed by atoms with Gasteiger partial charge in [-0.2, -0.15) is 0 Å². The maximum Gasteiger partial charge on any atom is 0.253 e. The first-order chi connectivity index (χ1) is 11.8. The fourth-order valence-electron chi connectivity index (χ4n) is 3.49. The van der Waals surface area contributed by atoms with Gasteiger partial charge in [0.05, 0.1) is 24.5 Å². The van der Waals surface area contributed by atoms with E-state index >= 15 is 0 Å². The van der Waals surface area contributed by atoms with Gasteiger partial charge in [0.15, 0.2) is 0 Å². The molecule has 4 rings (SSSR count). The fourth-order valence-corrected chi connectivity index (χ4v) is 4.15. The second kappa shape index (κ2) is 6.96. The summed E-state index contributed by atoms with van der Waals surface area (Å²) < 4.78 is 6.06. The van der Waals surface area contributed by atoms with E-state index in [1.54, 1.807) is 29.8 Å². The van der Waals surface area contributed by atoms with Gasteiger partial charge in [-0.05, 0) is 37.4 Å². The Bertz CT molecular complexity index is 679. The number of piperidine rings is 1. The molecule has 1 amide bonds. The van der Waals surface area contributed by atoms with E-state index in [2.05, 4.69) is 20.2 Å². The van der Waals surface area contributed by atoms with Crippen LogP contribution in [-0.2, 0) is 16.1 Å². The van der Waals surface area contributed by atoms with Crippen molar-refractivity contribution in [1.82, 2.24) is 14.9 Å². The monoisotopic (exact) mass is 344 g/mol. The average Bonchev–Trinajstić information content (AvgIpc) is 3.25. The molecule has 0 unspecified atom stereocenters. The lowest BCUT2D eigenvalue weighted by Gasteiger charge is -2.33. The van der Waals surface area contributed by atoms with E-state index in [1.165, 1.54) is 0 Å². The topological polar surface area (TPSA) is 67.4 Å². The van der Waals surface area contributed by atoms with E-state index < -0.39 is 0 Å². The number of nitrogens with one attached hydrogen (secondary N) is 1. The molecule has 4 heterocycles. The van der Waals surface area contributed by atoms with Crippen molar-refractivity contribution in [2.75, 3.05) is 18.4 Å². The average molecular weight is 344 g/mol. The minimum absolute atomic E-state index is 0.0659. The van der Waals surface area contributed by atoms with Crippen molar-refractivity contribution in [3.8, 4) is 0 Å². The molecule has 2 saturated heterocycles. The minimum Gasteiger partial charge on any atom is -0.364 e. The Morgan fingerprint density at radius 2 is 2.42 bits per heavy atom. The normalized spacial score (nSPS) is 26.9. The number of rotatable bonds is 4. The summed E-state index contributed by atoms with van der Waals surface area (Å²) in [5, 5.41) is 6.04. The van der Waals surface area contributed by atoms with Gasteiger partial charge in [-0.15, -0.1) is 11.3 Å². The zero-order valence-electron chi connectivity index (χ0n) is 13.3. The molecule has 1 N–H and O–H groups in total. The largest absolute Gasteiger partial charge is 0.364 e. The molecule has 2 aromatic rings. The number of aromatic nitrogens is 2. The van der Waals surface area contributed by atoms with Crippen molar-refractivity contribution in [3.05, 3.63) is 41.1 Å². The number of pyridine rings is 1. The van der Waals surface area contributed by atoms with Gasteiger partial charge < -0.3 is 10.1 Å². The smallest absolute Gasteiger partial charge is 0.253 e. The van der Waals surface area contributed by atoms with Crippen molar-refractivity contribution in [2.45, 2.75) is 31.6 Å². The second-order valence-electron chi connectivity index (χ2n) is 6.34. The van der Waals surface area contributed by atoms with E-state index in [-0.39, 0.29) is 18.1 Å². The molecule has 126 valence electrons. The van der Waals surface area contributed by atoms with Gasteiger partial charge in [0.1, 0.15) is 11.1 Å². The number of amides is 1. The first-order valence-corrected chi connectivity index (χ1v) is 9.13. The third-order valence-electron chi connectivity index (χ3n) is 4.70. The van der Waals surface area contributed by atoms with Crippen LogP contribution in [0, 0.1) is 5.92 Å². The molecule has 7 heteroatoms. The summed E-state index contributed by atoms with van der Waals surface area (Å²) in [6.07, 6.45) is 6.85. The Morgan fingerprint density at radius 1 is 1.46 bits per heavy atom. The summed E-state index contributed by atoms with van der Waals surface area (Å²) in [6.45, 7) is 2.79. The number of likely N-dealkylation sites (tertiary alicyclic amines) is 1. The van der Waals surface area contributed by atoms with Crippen molar-refractivity contribution < 1.29 is 9.53 Å². The van der Waals surface area contributed by atoms with Crippen LogP contribution in [0.4, 0.5) is 5.69 Å². The molecule has 2 aliphatic rings. The number of nitrogens with zero attached hydrogens (tertiary/aromatic N) is 3. The summed E-state index contributed by atoms with van der Waals surface area (Å²) >= 11 is 1.68. The maximum atomic E-state index is 12.4. The van der Waals surface area contributed by atoms with E-state index in [1.807, 2.05) is 17.6 Å². The number of carbonyl (C=O) groups excluding carboxylic acids is 1. The van der Waals surface area contributed by atoms with Crippen LogP contribution in [0.25, 0.3) is 0 Å². The molecule has 2 aromatic heterocycles. The van der Waals surface area contributed by atoms with Crippen molar-refractivity contribution in [1.29, 1.82) is 0 Å². The standard InChI is InChI=1S/C17H20N4O2S/c22-17(20-13-2-1-4-18-9-13)14-8-12-3-6-21(10-15(12)23-14)11-16-19-5-7-24-16/h1-2,4-5,7,9,12,14-15H,3,6,8,10-11H2,(H,20,22)/t12-,14-,15-/m0/s1. The number of carbonyl (C=O) groups is 1. The molecular formula is C17H20N4O2S. The van der Waals surface area contributed by atoms with Crippen LogP contribution in [0.2, 0.25) is 0 Å². The lowest BCUT2D eigenvalue weighted by Crippen LogP contribution is -2.41. The summed E-state index contributed by atoms with van der Waals surface area (Å²) in [6, 6.07) is 3.64. The summed E-state index contributed by atoms with van der Waals surface area (Å²) in [4.78, 5) is 23.2. The second-order valence-corrected chi connectivity index (χ2v) is 7.32. The van der Waals surface area contributed by atoms with Crippen LogP contribution in [0.5, 0.6) is 0 Å². The summed E-state index contributed by atoms with van der Waals surface area (Å²) in [5.41, 5.74) is 0.714. The number of ether oxygens (including phenoxy) is 1. The highest BCUT2D eigenvalue weighted by molar-refractivity contribution is 7.09. The van der Waals surface area contributed by atoms with Gasteiger partial charge in [-0.1, -0.05) is 0 Å². The van der Waals surface area contributed by atoms with Crippen LogP contribution in [0.1, 0.15) is 17.8 Å². The molecule has 0 saturated carbocycles. The zero-order valence-corrected chi connectivity index (χ0v) is 14.1.